The van der Waals surface area contributed by atoms with Crippen LogP contribution < -0.4 is 0 Å². The quantitative estimate of drug-likeness (QED) is 0.179. The lowest BCUT2D eigenvalue weighted by atomic mass is 9.97. The van der Waals surface area contributed by atoms with Crippen molar-refractivity contribution >= 4 is 0 Å². The van der Waals surface area contributed by atoms with Gasteiger partial charge < -0.3 is 54.0 Å². The third kappa shape index (κ3) is 7.71. The first-order valence-electron chi connectivity index (χ1n) is 14.6. The molecule has 2 aliphatic heterocycles. The Morgan fingerprint density at radius 2 is 1.09 bits per heavy atom. The fourth-order valence-electron chi connectivity index (χ4n) is 5.42. The summed E-state index contributed by atoms with van der Waals surface area (Å²) >= 11 is 0. The van der Waals surface area contributed by atoms with Gasteiger partial charge in [0, 0.05) is 0 Å². The molecule has 2 heterocycles. The number of aliphatic hydroxyl groups excluding tert-OH is 5. The van der Waals surface area contributed by atoms with E-state index in [4.69, 9.17) is 28.4 Å². The highest BCUT2D eigenvalue weighted by Crippen LogP contribution is 2.35. The van der Waals surface area contributed by atoms with Crippen LogP contribution in [-0.2, 0) is 48.2 Å². The molecule has 0 spiro atoms. The Morgan fingerprint density at radius 1 is 0.614 bits per heavy atom. The number of hydrogen-bond donors (Lipinski definition) is 5. The molecule has 3 aromatic rings. The second-order valence-electron chi connectivity index (χ2n) is 10.9. The summed E-state index contributed by atoms with van der Waals surface area (Å²) in [5.41, 5.74) is 2.68. The van der Waals surface area contributed by atoms with E-state index in [2.05, 4.69) is 0 Å². The molecule has 5 N–H and O–H groups in total. The third-order valence-corrected chi connectivity index (χ3v) is 7.86. The summed E-state index contributed by atoms with van der Waals surface area (Å²) in [5.74, 6) is -2.04. The maximum atomic E-state index is 11.2. The van der Waals surface area contributed by atoms with Crippen molar-refractivity contribution in [1.82, 2.24) is 0 Å². The zero-order valence-electron chi connectivity index (χ0n) is 24.2. The average molecular weight is 613 g/mol. The fraction of sp³-hybridized carbons (Fsp3) is 0.455. The molecule has 11 heteroatoms. The molecule has 2 aliphatic rings. The van der Waals surface area contributed by atoms with Gasteiger partial charge in [0.15, 0.2) is 6.29 Å². The predicted octanol–water partition coefficient (Wildman–Crippen LogP) is 1.28. The van der Waals surface area contributed by atoms with Crippen molar-refractivity contribution in [1.29, 1.82) is 0 Å². The second-order valence-corrected chi connectivity index (χ2v) is 10.9. The predicted molar refractivity (Wildman–Crippen MR) is 156 cm³/mol. The first-order valence-corrected chi connectivity index (χ1v) is 14.6. The molecule has 5 rings (SSSR count). The van der Waals surface area contributed by atoms with Crippen LogP contribution in [0.15, 0.2) is 91.0 Å². The summed E-state index contributed by atoms with van der Waals surface area (Å²) in [6, 6.07) is 28.5. The minimum Gasteiger partial charge on any atom is -0.394 e. The van der Waals surface area contributed by atoms with Crippen molar-refractivity contribution in [2.45, 2.75) is 74.6 Å². The zero-order valence-corrected chi connectivity index (χ0v) is 24.2. The molecule has 3 aromatic carbocycles. The Balaban J connectivity index is 1.40. The van der Waals surface area contributed by atoms with E-state index < -0.39 is 68.0 Å². The molecule has 0 bridgehead atoms. The second kappa shape index (κ2) is 15.5. The molecular formula is C33H40O11. The third-order valence-electron chi connectivity index (χ3n) is 7.86. The van der Waals surface area contributed by atoms with Crippen LogP contribution in [0, 0.1) is 0 Å². The van der Waals surface area contributed by atoms with Crippen molar-refractivity contribution in [2.24, 2.45) is 0 Å². The Bertz CT molecular complexity index is 1250. The molecule has 2 fully saturated rings. The van der Waals surface area contributed by atoms with Gasteiger partial charge in [-0.15, -0.1) is 0 Å². The fourth-order valence-corrected chi connectivity index (χ4v) is 5.42. The van der Waals surface area contributed by atoms with Gasteiger partial charge in [0.05, 0.1) is 33.0 Å². The lowest BCUT2D eigenvalue weighted by Gasteiger charge is -2.45. The van der Waals surface area contributed by atoms with Crippen molar-refractivity contribution in [3.05, 3.63) is 108 Å². The van der Waals surface area contributed by atoms with Crippen LogP contribution in [0.2, 0.25) is 0 Å². The molecule has 0 unspecified atom stereocenters. The first-order chi connectivity index (χ1) is 21.4. The molecule has 44 heavy (non-hydrogen) atoms. The average Bonchev–Trinajstić information content (AvgIpc) is 3.31. The van der Waals surface area contributed by atoms with Gasteiger partial charge in [0.2, 0.25) is 5.79 Å². The van der Waals surface area contributed by atoms with Crippen LogP contribution in [0.25, 0.3) is 0 Å². The summed E-state index contributed by atoms with van der Waals surface area (Å²) in [5, 5.41) is 51.9. The normalized spacial score (nSPS) is 32.1. The highest BCUT2D eigenvalue weighted by molar-refractivity contribution is 5.15. The largest absolute Gasteiger partial charge is 0.394 e. The van der Waals surface area contributed by atoms with Crippen LogP contribution in [0.1, 0.15) is 16.7 Å². The number of benzene rings is 3. The molecule has 0 radical (unpaired) electrons. The van der Waals surface area contributed by atoms with Gasteiger partial charge in [-0.1, -0.05) is 91.0 Å². The van der Waals surface area contributed by atoms with E-state index in [0.717, 1.165) is 16.7 Å². The Hall–Kier alpha value is -2.78. The lowest BCUT2D eigenvalue weighted by Crippen LogP contribution is -2.62. The molecule has 11 nitrogen and oxygen atoms in total. The number of rotatable bonds is 14. The van der Waals surface area contributed by atoms with Gasteiger partial charge in [-0.05, 0) is 16.7 Å². The van der Waals surface area contributed by atoms with Gasteiger partial charge in [-0.3, -0.25) is 0 Å². The maximum Gasteiger partial charge on any atom is 0.221 e. The zero-order chi connectivity index (χ0) is 30.9. The van der Waals surface area contributed by atoms with Gasteiger partial charge in [0.1, 0.15) is 49.3 Å². The Morgan fingerprint density at radius 3 is 1.55 bits per heavy atom. The summed E-state index contributed by atoms with van der Waals surface area (Å²) in [6.45, 7) is -1.21. The SMILES string of the molecule is OC[C@H]1O[C@](CO)(OC[C@H]2O[C@H](O)[C@@H](OCc3ccccc3)[C@@H](OCc3ccccc3)[C@@H]2OCc2ccccc2)[C@@H](O)[C@@H]1O. The van der Waals surface area contributed by atoms with Gasteiger partial charge >= 0.3 is 0 Å². The maximum absolute atomic E-state index is 11.2. The van der Waals surface area contributed by atoms with Gasteiger partial charge in [-0.25, -0.2) is 0 Å². The van der Waals surface area contributed by atoms with Crippen molar-refractivity contribution in [2.75, 3.05) is 19.8 Å². The first kappa shape index (κ1) is 32.6. The van der Waals surface area contributed by atoms with E-state index in [1.807, 2.05) is 91.0 Å². The van der Waals surface area contributed by atoms with E-state index in [1.54, 1.807) is 0 Å². The topological polar surface area (TPSA) is 157 Å². The van der Waals surface area contributed by atoms with E-state index in [9.17, 15) is 25.5 Å². The van der Waals surface area contributed by atoms with E-state index >= 15 is 0 Å². The molecule has 0 amide bonds. The minimum atomic E-state index is -2.04. The summed E-state index contributed by atoms with van der Waals surface area (Å²) in [6.07, 6.45) is -9.45. The minimum absolute atomic E-state index is 0.174. The molecule has 0 aromatic heterocycles. The van der Waals surface area contributed by atoms with E-state index in [1.165, 1.54) is 0 Å². The molecule has 0 aliphatic carbocycles. The molecule has 9 atom stereocenters. The van der Waals surface area contributed by atoms with Crippen LogP contribution in [0.3, 0.4) is 0 Å². The van der Waals surface area contributed by atoms with Crippen LogP contribution in [0.4, 0.5) is 0 Å². The van der Waals surface area contributed by atoms with Crippen molar-refractivity contribution < 1.29 is 54.0 Å². The van der Waals surface area contributed by atoms with Crippen molar-refractivity contribution in [3.63, 3.8) is 0 Å². The molecular weight excluding hydrogens is 572 g/mol. The summed E-state index contributed by atoms with van der Waals surface area (Å²) in [4.78, 5) is 0. The monoisotopic (exact) mass is 612 g/mol. The number of ether oxygens (including phenoxy) is 6. The van der Waals surface area contributed by atoms with E-state index in [0.29, 0.717) is 0 Å². The highest BCUT2D eigenvalue weighted by atomic mass is 16.7. The standard InChI is InChI=1S/C33H40O11/c34-16-25-27(36)31(37)33(21-35,44-25)42-20-26-28(39-17-22-10-4-1-5-11-22)29(40-18-23-12-6-2-7-13-23)30(32(38)43-26)41-19-24-14-8-3-9-15-24/h1-15,25-32,34-38H,16-21H2/t25-,26-,27-,28-,29+,30+,31+,32+,33+/m1/s1. The Labute approximate surface area is 256 Å². The number of aliphatic hydroxyl groups is 5. The van der Waals surface area contributed by atoms with Gasteiger partial charge in [-0.2, -0.15) is 0 Å². The lowest BCUT2D eigenvalue weighted by molar-refractivity contribution is -0.337. The highest BCUT2D eigenvalue weighted by Gasteiger charge is 2.56. The summed E-state index contributed by atoms with van der Waals surface area (Å²) < 4.78 is 36.5. The Kier molecular flexibility index (Phi) is 11.5. The smallest absolute Gasteiger partial charge is 0.221 e. The molecule has 238 valence electrons. The van der Waals surface area contributed by atoms with Crippen molar-refractivity contribution in [3.8, 4) is 0 Å². The molecule has 2 saturated heterocycles. The van der Waals surface area contributed by atoms with Gasteiger partial charge in [0.25, 0.3) is 0 Å². The van der Waals surface area contributed by atoms with Crippen LogP contribution in [0.5, 0.6) is 0 Å². The van der Waals surface area contributed by atoms with E-state index in [-0.39, 0.29) is 26.4 Å². The van der Waals surface area contributed by atoms with Crippen LogP contribution >= 0.6 is 0 Å². The summed E-state index contributed by atoms with van der Waals surface area (Å²) in [7, 11) is 0. The number of hydrogen-bond acceptors (Lipinski definition) is 11. The molecule has 0 saturated carbocycles. The van der Waals surface area contributed by atoms with Crippen LogP contribution in [-0.4, -0.2) is 100 Å².